The summed E-state index contributed by atoms with van der Waals surface area (Å²) >= 11 is 0. The third-order valence-electron chi connectivity index (χ3n) is 6.47. The van der Waals surface area contributed by atoms with E-state index in [1.54, 1.807) is 0 Å². The monoisotopic (exact) mass is 468 g/mol. The van der Waals surface area contributed by atoms with E-state index in [4.69, 9.17) is 19.3 Å². The summed E-state index contributed by atoms with van der Waals surface area (Å²) in [5.41, 5.74) is 3.18. The number of fused-ring (bicyclic) bond motifs is 3. The molecule has 2 aromatic carbocycles. The van der Waals surface area contributed by atoms with E-state index in [-0.39, 0.29) is 45.1 Å². The van der Waals surface area contributed by atoms with Gasteiger partial charge in [0, 0.05) is 39.1 Å². The van der Waals surface area contributed by atoms with E-state index >= 15 is 0 Å². The lowest BCUT2D eigenvalue weighted by molar-refractivity contribution is -0.148. The van der Waals surface area contributed by atoms with E-state index in [1.165, 1.54) is 7.11 Å². The summed E-state index contributed by atoms with van der Waals surface area (Å²) in [6.45, 7) is 0.464. The standard InChI is InChI=1S/C25H28N2O7/c1-32-21(22(28)29)14-26-23(30)25(10-12-33-13-11-25)27-24(31)34-15-20-18-8-4-2-6-16(18)17-7-3-5-9-19(17)20/h2-9,20-21H,10-15H2,1H3,(H,26,30)(H,27,31)(H,28,29). The van der Waals surface area contributed by atoms with Gasteiger partial charge in [0.15, 0.2) is 6.10 Å². The molecule has 9 heteroatoms. The number of carboxylic acids is 1. The van der Waals surface area contributed by atoms with Gasteiger partial charge in [0.05, 0.1) is 6.54 Å². The molecule has 1 aliphatic heterocycles. The average molecular weight is 469 g/mol. The zero-order chi connectivity index (χ0) is 24.1. The van der Waals surface area contributed by atoms with Gasteiger partial charge in [0.25, 0.3) is 0 Å². The van der Waals surface area contributed by atoms with Crippen molar-refractivity contribution in [3.05, 3.63) is 59.7 Å². The molecule has 3 N–H and O–H groups in total. The van der Waals surface area contributed by atoms with Gasteiger partial charge < -0.3 is 30.0 Å². The Labute approximate surface area is 197 Å². The number of carbonyl (C=O) groups is 3. The Bertz CT molecular complexity index is 1020. The highest BCUT2D eigenvalue weighted by Crippen LogP contribution is 2.44. The second-order valence-corrected chi connectivity index (χ2v) is 8.42. The maximum absolute atomic E-state index is 13.0. The number of methoxy groups -OCH3 is 1. The number of alkyl carbamates (subject to hydrolysis) is 1. The molecule has 2 aliphatic rings. The first-order chi connectivity index (χ1) is 16.4. The molecule has 0 radical (unpaired) electrons. The Hall–Kier alpha value is -3.43. The first-order valence-electron chi connectivity index (χ1n) is 11.2. The van der Waals surface area contributed by atoms with Crippen LogP contribution < -0.4 is 10.6 Å². The van der Waals surface area contributed by atoms with Crippen LogP contribution in [0.2, 0.25) is 0 Å². The van der Waals surface area contributed by atoms with Crippen molar-refractivity contribution in [2.45, 2.75) is 30.4 Å². The maximum Gasteiger partial charge on any atom is 0.408 e. The van der Waals surface area contributed by atoms with Crippen LogP contribution in [-0.2, 0) is 23.8 Å². The Morgan fingerprint density at radius 3 is 2.21 bits per heavy atom. The summed E-state index contributed by atoms with van der Waals surface area (Å²) in [6.07, 6.45) is -1.41. The minimum atomic E-state index is -1.25. The van der Waals surface area contributed by atoms with Crippen LogP contribution in [0.15, 0.2) is 48.5 Å². The lowest BCUT2D eigenvalue weighted by Gasteiger charge is -2.36. The van der Waals surface area contributed by atoms with Gasteiger partial charge in [-0.25, -0.2) is 9.59 Å². The van der Waals surface area contributed by atoms with E-state index in [2.05, 4.69) is 22.8 Å². The summed E-state index contributed by atoms with van der Waals surface area (Å²) in [5.74, 6) is -1.78. The summed E-state index contributed by atoms with van der Waals surface area (Å²) in [7, 11) is 1.25. The molecule has 0 saturated carbocycles. The molecule has 4 rings (SSSR count). The molecule has 0 spiro atoms. The second-order valence-electron chi connectivity index (χ2n) is 8.42. The smallest absolute Gasteiger partial charge is 0.408 e. The minimum Gasteiger partial charge on any atom is -0.479 e. The molecule has 1 heterocycles. The molecule has 1 atom stereocenters. The third-order valence-corrected chi connectivity index (χ3v) is 6.47. The van der Waals surface area contributed by atoms with Crippen molar-refractivity contribution in [3.63, 3.8) is 0 Å². The summed E-state index contributed by atoms with van der Waals surface area (Å²) in [4.78, 5) is 37.0. The van der Waals surface area contributed by atoms with E-state index in [0.29, 0.717) is 0 Å². The lowest BCUT2D eigenvalue weighted by atomic mass is 9.89. The van der Waals surface area contributed by atoms with Crippen molar-refractivity contribution in [1.82, 2.24) is 10.6 Å². The van der Waals surface area contributed by atoms with Crippen LogP contribution in [0.1, 0.15) is 29.9 Å². The normalized spacial score (nSPS) is 17.2. The Morgan fingerprint density at radius 1 is 1.06 bits per heavy atom. The van der Waals surface area contributed by atoms with Crippen LogP contribution in [-0.4, -0.2) is 68.2 Å². The van der Waals surface area contributed by atoms with Gasteiger partial charge in [0.2, 0.25) is 5.91 Å². The van der Waals surface area contributed by atoms with Crippen molar-refractivity contribution in [2.75, 3.05) is 33.5 Å². The quantitative estimate of drug-likeness (QED) is 0.543. The fraction of sp³-hybridized carbons (Fsp3) is 0.400. The second kappa shape index (κ2) is 10.2. The number of carbonyl (C=O) groups excluding carboxylic acids is 2. The van der Waals surface area contributed by atoms with Crippen molar-refractivity contribution in [3.8, 4) is 11.1 Å². The van der Waals surface area contributed by atoms with Crippen molar-refractivity contribution in [2.24, 2.45) is 0 Å². The molecule has 180 valence electrons. The number of aliphatic carboxylic acids is 1. The fourth-order valence-electron chi connectivity index (χ4n) is 4.58. The number of benzene rings is 2. The Morgan fingerprint density at radius 2 is 1.65 bits per heavy atom. The molecular weight excluding hydrogens is 440 g/mol. The zero-order valence-electron chi connectivity index (χ0n) is 18.9. The number of hydrogen-bond acceptors (Lipinski definition) is 6. The molecule has 34 heavy (non-hydrogen) atoms. The highest BCUT2D eigenvalue weighted by atomic mass is 16.5. The molecule has 1 saturated heterocycles. The third kappa shape index (κ3) is 4.76. The van der Waals surface area contributed by atoms with Gasteiger partial charge in [-0.15, -0.1) is 0 Å². The number of nitrogens with one attached hydrogen (secondary N) is 2. The Balaban J connectivity index is 1.43. The molecule has 0 bridgehead atoms. The van der Waals surface area contributed by atoms with Gasteiger partial charge in [-0.3, -0.25) is 4.79 Å². The summed E-state index contributed by atoms with van der Waals surface area (Å²) in [5, 5.41) is 14.5. The van der Waals surface area contributed by atoms with Crippen molar-refractivity contribution in [1.29, 1.82) is 0 Å². The van der Waals surface area contributed by atoms with Gasteiger partial charge in [-0.05, 0) is 22.3 Å². The van der Waals surface area contributed by atoms with Gasteiger partial charge in [-0.2, -0.15) is 0 Å². The first kappa shape index (κ1) is 23.7. The van der Waals surface area contributed by atoms with E-state index < -0.39 is 29.6 Å². The molecule has 1 aliphatic carbocycles. The molecule has 2 aromatic rings. The molecule has 0 aromatic heterocycles. The number of ether oxygens (including phenoxy) is 3. The first-order valence-corrected chi connectivity index (χ1v) is 11.2. The van der Waals surface area contributed by atoms with Crippen LogP contribution in [0.4, 0.5) is 4.79 Å². The Kier molecular flexibility index (Phi) is 7.14. The van der Waals surface area contributed by atoms with Crippen LogP contribution in [0.25, 0.3) is 11.1 Å². The average Bonchev–Trinajstić information content (AvgIpc) is 3.17. The summed E-state index contributed by atoms with van der Waals surface area (Å²) in [6, 6.07) is 16.1. The zero-order valence-corrected chi connectivity index (χ0v) is 18.9. The fourth-order valence-corrected chi connectivity index (χ4v) is 4.58. The molecule has 9 nitrogen and oxygen atoms in total. The topological polar surface area (TPSA) is 123 Å². The molecule has 2 amide bonds. The van der Waals surface area contributed by atoms with Gasteiger partial charge in [-0.1, -0.05) is 48.5 Å². The maximum atomic E-state index is 13.0. The number of hydrogen-bond donors (Lipinski definition) is 3. The van der Waals surface area contributed by atoms with E-state index in [0.717, 1.165) is 22.3 Å². The predicted molar refractivity (Wildman–Crippen MR) is 122 cm³/mol. The predicted octanol–water partition coefficient (Wildman–Crippen LogP) is 2.29. The lowest BCUT2D eigenvalue weighted by Crippen LogP contribution is -2.62. The highest BCUT2D eigenvalue weighted by molar-refractivity contribution is 5.90. The number of carboxylic acid groups (broad SMARTS) is 1. The molecule has 1 fully saturated rings. The molecule has 1 unspecified atom stereocenters. The van der Waals surface area contributed by atoms with Crippen LogP contribution in [0.3, 0.4) is 0 Å². The van der Waals surface area contributed by atoms with Crippen molar-refractivity contribution < 1.29 is 33.7 Å². The van der Waals surface area contributed by atoms with Crippen LogP contribution in [0, 0.1) is 0 Å². The van der Waals surface area contributed by atoms with Gasteiger partial charge >= 0.3 is 12.1 Å². The van der Waals surface area contributed by atoms with Crippen LogP contribution >= 0.6 is 0 Å². The minimum absolute atomic E-state index is 0.101. The van der Waals surface area contributed by atoms with Gasteiger partial charge in [0.1, 0.15) is 12.1 Å². The highest BCUT2D eigenvalue weighted by Gasteiger charge is 2.42. The largest absolute Gasteiger partial charge is 0.479 e. The van der Waals surface area contributed by atoms with Crippen LogP contribution in [0.5, 0.6) is 0 Å². The number of amides is 2. The molecular formula is C25H28N2O7. The number of rotatable bonds is 8. The van der Waals surface area contributed by atoms with Crippen molar-refractivity contribution >= 4 is 18.0 Å². The van der Waals surface area contributed by atoms with E-state index in [9.17, 15) is 14.4 Å². The SMILES string of the molecule is COC(CNC(=O)C1(NC(=O)OCC2c3ccccc3-c3ccccc32)CCOCC1)C(=O)O. The summed E-state index contributed by atoms with van der Waals surface area (Å²) < 4.78 is 15.8. The van der Waals surface area contributed by atoms with E-state index in [1.807, 2.05) is 36.4 Å².